The van der Waals surface area contributed by atoms with Crippen LogP contribution in [0.2, 0.25) is 0 Å². The van der Waals surface area contributed by atoms with E-state index >= 15 is 0 Å². The second-order valence-electron chi connectivity index (χ2n) is 6.33. The molecule has 1 aliphatic heterocycles. The van der Waals surface area contributed by atoms with E-state index in [-0.39, 0.29) is 0 Å². The Morgan fingerprint density at radius 2 is 2.00 bits per heavy atom. The summed E-state index contributed by atoms with van der Waals surface area (Å²) < 4.78 is 6.94. The van der Waals surface area contributed by atoms with Gasteiger partial charge in [0, 0.05) is 29.7 Å². The Labute approximate surface area is 150 Å². The van der Waals surface area contributed by atoms with Gasteiger partial charge in [-0.2, -0.15) is 0 Å². The minimum Gasteiger partial charge on any atom is -0.436 e. The second-order valence-corrected chi connectivity index (χ2v) is 7.25. The number of halogens is 1. The van der Waals surface area contributed by atoms with Crippen molar-refractivity contribution in [3.05, 3.63) is 70.0 Å². The van der Waals surface area contributed by atoms with E-state index in [9.17, 15) is 0 Å². The van der Waals surface area contributed by atoms with Crippen molar-refractivity contribution in [3.63, 3.8) is 0 Å². The van der Waals surface area contributed by atoms with Gasteiger partial charge >= 0.3 is 0 Å². The van der Waals surface area contributed by atoms with Crippen molar-refractivity contribution in [1.29, 1.82) is 0 Å². The lowest BCUT2D eigenvalue weighted by Gasteiger charge is -2.25. The van der Waals surface area contributed by atoms with Crippen LogP contribution in [0, 0.1) is 6.92 Å². The average Bonchev–Trinajstić information content (AvgIpc) is 3.01. The van der Waals surface area contributed by atoms with Crippen molar-refractivity contribution < 1.29 is 4.42 Å². The number of aryl methyl sites for hydroxylation is 1. The van der Waals surface area contributed by atoms with E-state index in [0.29, 0.717) is 0 Å². The van der Waals surface area contributed by atoms with E-state index in [1.165, 1.54) is 16.7 Å². The molecule has 0 N–H and O–H groups in total. The third-order valence-electron chi connectivity index (χ3n) is 4.44. The van der Waals surface area contributed by atoms with Gasteiger partial charge in [0.05, 0.1) is 0 Å². The van der Waals surface area contributed by atoms with Gasteiger partial charge in [-0.1, -0.05) is 51.8 Å². The topological polar surface area (TPSA) is 29.3 Å². The minimum atomic E-state index is 0.762. The second kappa shape index (κ2) is 6.54. The molecule has 4 heteroatoms. The normalized spacial score (nSPS) is 15.7. The number of rotatable bonds is 3. The van der Waals surface area contributed by atoms with E-state index in [0.717, 1.165) is 47.5 Å². The molecule has 4 rings (SSSR count). The van der Waals surface area contributed by atoms with Crippen LogP contribution in [0.5, 0.6) is 0 Å². The lowest BCUT2D eigenvalue weighted by atomic mass is 10.1. The molecule has 3 aromatic rings. The summed E-state index contributed by atoms with van der Waals surface area (Å²) >= 11 is 3.48. The van der Waals surface area contributed by atoms with Crippen LogP contribution in [0.15, 0.2) is 57.4 Å². The van der Waals surface area contributed by atoms with E-state index in [1.807, 2.05) is 18.2 Å². The standard InChI is InChI=1S/C20H19BrN2O/c1-14-2-4-15(5-3-14)13-23-10-8-16(9-11-23)20-22-18-12-17(21)6-7-19(18)24-20/h2-8,12H,9-11,13H2,1H3. The van der Waals surface area contributed by atoms with Crippen LogP contribution in [0.3, 0.4) is 0 Å². The summed E-state index contributed by atoms with van der Waals surface area (Å²) in [5, 5.41) is 0. The van der Waals surface area contributed by atoms with Gasteiger partial charge in [-0.05, 0) is 37.1 Å². The number of nitrogens with zero attached hydrogens (tertiary/aromatic N) is 2. The van der Waals surface area contributed by atoms with Crippen molar-refractivity contribution in [3.8, 4) is 0 Å². The van der Waals surface area contributed by atoms with Crippen LogP contribution < -0.4 is 0 Å². The first-order valence-corrected chi connectivity index (χ1v) is 9.00. The highest BCUT2D eigenvalue weighted by Crippen LogP contribution is 2.27. The summed E-state index contributed by atoms with van der Waals surface area (Å²) in [6.07, 6.45) is 3.22. The molecule has 0 fully saturated rings. The molecule has 2 aromatic carbocycles. The number of benzene rings is 2. The zero-order chi connectivity index (χ0) is 16.5. The van der Waals surface area contributed by atoms with Crippen molar-refractivity contribution >= 4 is 32.6 Å². The predicted octanol–water partition coefficient (Wildman–Crippen LogP) is 5.19. The third kappa shape index (κ3) is 3.30. The fraction of sp³-hybridized carbons (Fsp3) is 0.250. The molecule has 0 amide bonds. The Kier molecular flexibility index (Phi) is 4.25. The Bertz CT molecular complexity index is 896. The number of hydrogen-bond donors (Lipinski definition) is 0. The van der Waals surface area contributed by atoms with Crippen LogP contribution in [0.25, 0.3) is 16.7 Å². The number of aromatic nitrogens is 1. The Balaban J connectivity index is 1.48. The highest BCUT2D eigenvalue weighted by molar-refractivity contribution is 9.10. The third-order valence-corrected chi connectivity index (χ3v) is 4.94. The van der Waals surface area contributed by atoms with Crippen LogP contribution in [0.1, 0.15) is 23.4 Å². The summed E-state index contributed by atoms with van der Waals surface area (Å²) in [6.45, 7) is 5.08. The molecule has 3 nitrogen and oxygen atoms in total. The highest BCUT2D eigenvalue weighted by atomic mass is 79.9. The van der Waals surface area contributed by atoms with Crippen LogP contribution >= 0.6 is 15.9 Å². The summed E-state index contributed by atoms with van der Waals surface area (Å²) in [6, 6.07) is 14.7. The zero-order valence-corrected chi connectivity index (χ0v) is 15.2. The van der Waals surface area contributed by atoms with Gasteiger partial charge in [0.1, 0.15) is 5.52 Å². The molecular weight excluding hydrogens is 364 g/mol. The summed E-state index contributed by atoms with van der Waals surface area (Å²) in [5.41, 5.74) is 5.63. The first kappa shape index (κ1) is 15.6. The first-order chi connectivity index (χ1) is 11.7. The van der Waals surface area contributed by atoms with E-state index in [1.54, 1.807) is 0 Å². The number of hydrogen-bond acceptors (Lipinski definition) is 3. The van der Waals surface area contributed by atoms with Crippen molar-refractivity contribution in [2.24, 2.45) is 0 Å². The quantitative estimate of drug-likeness (QED) is 0.624. The van der Waals surface area contributed by atoms with Gasteiger partial charge < -0.3 is 4.42 Å². The van der Waals surface area contributed by atoms with Crippen molar-refractivity contribution in [2.75, 3.05) is 13.1 Å². The molecule has 24 heavy (non-hydrogen) atoms. The summed E-state index contributed by atoms with van der Waals surface area (Å²) in [5.74, 6) is 0.762. The van der Waals surface area contributed by atoms with Gasteiger partial charge in [-0.15, -0.1) is 0 Å². The Morgan fingerprint density at radius 3 is 2.75 bits per heavy atom. The van der Waals surface area contributed by atoms with Gasteiger partial charge in [0.25, 0.3) is 0 Å². The molecule has 0 bridgehead atoms. The maximum atomic E-state index is 5.91. The van der Waals surface area contributed by atoms with Gasteiger partial charge in [0.2, 0.25) is 5.89 Å². The maximum absolute atomic E-state index is 5.91. The smallest absolute Gasteiger partial charge is 0.222 e. The van der Waals surface area contributed by atoms with E-state index in [4.69, 9.17) is 4.42 Å². The van der Waals surface area contributed by atoms with Gasteiger partial charge in [-0.3, -0.25) is 4.90 Å². The molecule has 0 atom stereocenters. The van der Waals surface area contributed by atoms with Crippen molar-refractivity contribution in [2.45, 2.75) is 19.9 Å². The van der Waals surface area contributed by atoms with Crippen LogP contribution in [0.4, 0.5) is 0 Å². The monoisotopic (exact) mass is 382 g/mol. The SMILES string of the molecule is Cc1ccc(CN2CC=C(c3nc4cc(Br)ccc4o3)CC2)cc1. The van der Waals surface area contributed by atoms with E-state index < -0.39 is 0 Å². The zero-order valence-electron chi connectivity index (χ0n) is 13.6. The molecular formula is C20H19BrN2O. The molecule has 0 spiro atoms. The molecule has 0 radical (unpaired) electrons. The molecule has 1 aliphatic rings. The van der Waals surface area contributed by atoms with Crippen LogP contribution in [-0.4, -0.2) is 23.0 Å². The molecule has 0 aliphatic carbocycles. The van der Waals surface area contributed by atoms with Gasteiger partial charge in [-0.25, -0.2) is 4.98 Å². The molecule has 0 saturated heterocycles. The maximum Gasteiger partial charge on any atom is 0.222 e. The lowest BCUT2D eigenvalue weighted by Crippen LogP contribution is -2.28. The number of oxazole rings is 1. The summed E-state index contributed by atoms with van der Waals surface area (Å²) in [7, 11) is 0. The largest absolute Gasteiger partial charge is 0.436 e. The fourth-order valence-electron chi connectivity index (χ4n) is 3.04. The van der Waals surface area contributed by atoms with E-state index in [2.05, 4.69) is 63.1 Å². The average molecular weight is 383 g/mol. The predicted molar refractivity (Wildman–Crippen MR) is 101 cm³/mol. The molecule has 1 aromatic heterocycles. The van der Waals surface area contributed by atoms with Crippen molar-refractivity contribution in [1.82, 2.24) is 9.88 Å². The molecule has 0 saturated carbocycles. The Morgan fingerprint density at radius 1 is 1.17 bits per heavy atom. The van der Waals surface area contributed by atoms with Gasteiger partial charge in [0.15, 0.2) is 5.58 Å². The summed E-state index contributed by atoms with van der Waals surface area (Å²) in [4.78, 5) is 7.08. The molecule has 122 valence electrons. The van der Waals surface area contributed by atoms with Crippen LogP contribution in [-0.2, 0) is 6.54 Å². The first-order valence-electron chi connectivity index (χ1n) is 8.21. The molecule has 0 unspecified atom stereocenters. The highest BCUT2D eigenvalue weighted by Gasteiger charge is 2.17. The number of fused-ring (bicyclic) bond motifs is 1. The molecule has 2 heterocycles. The fourth-order valence-corrected chi connectivity index (χ4v) is 3.39. The minimum absolute atomic E-state index is 0.762. The lowest BCUT2D eigenvalue weighted by molar-refractivity contribution is 0.292. The Hall–Kier alpha value is -1.91.